The van der Waals surface area contributed by atoms with Gasteiger partial charge in [-0.3, -0.25) is 0 Å². The summed E-state index contributed by atoms with van der Waals surface area (Å²) < 4.78 is 0. The van der Waals surface area contributed by atoms with Crippen molar-refractivity contribution >= 4 is 47.7 Å². The third-order valence-corrected chi connectivity index (χ3v) is 11.0. The molecule has 0 aliphatic heterocycles. The van der Waals surface area contributed by atoms with Crippen molar-refractivity contribution in [1.82, 2.24) is 0 Å². The van der Waals surface area contributed by atoms with Crippen molar-refractivity contribution in [3.05, 3.63) is 182 Å². The van der Waals surface area contributed by atoms with E-state index in [9.17, 15) is 0 Å². The van der Waals surface area contributed by atoms with Crippen molar-refractivity contribution in [3.8, 4) is 0 Å². The molecule has 6 rings (SSSR count). The van der Waals surface area contributed by atoms with Crippen LogP contribution in [0.2, 0.25) is 0 Å². The van der Waals surface area contributed by atoms with E-state index >= 15 is 0 Å². The van der Waals surface area contributed by atoms with Gasteiger partial charge in [0, 0.05) is 20.1 Å². The first kappa shape index (κ1) is 42.7. The molecule has 0 nitrogen and oxygen atoms in total. The van der Waals surface area contributed by atoms with Crippen LogP contribution in [0.3, 0.4) is 0 Å². The van der Waals surface area contributed by atoms with Crippen LogP contribution >= 0.6 is 15.8 Å². The topological polar surface area (TPSA) is 0 Å². The van der Waals surface area contributed by atoms with Crippen LogP contribution in [0, 0.1) is 0 Å². The minimum atomic E-state index is -0.446. The number of benzene rings is 6. The van der Waals surface area contributed by atoms with Gasteiger partial charge >= 0.3 is 0 Å². The molecule has 43 heavy (non-hydrogen) atoms. The van der Waals surface area contributed by atoms with Gasteiger partial charge in [0.25, 0.3) is 0 Å². The van der Waals surface area contributed by atoms with E-state index < -0.39 is 15.8 Å². The van der Waals surface area contributed by atoms with Crippen molar-refractivity contribution < 1.29 is 116 Å². The van der Waals surface area contributed by atoms with E-state index in [1.165, 1.54) is 31.8 Å². The van der Waals surface area contributed by atoms with E-state index in [4.69, 9.17) is 0 Å². The summed E-state index contributed by atoms with van der Waals surface area (Å²) in [5.41, 5.74) is 0. The van der Waals surface area contributed by atoms with Crippen molar-refractivity contribution in [2.24, 2.45) is 0 Å². The maximum Gasteiger partial charge on any atom is 0 e. The molecule has 0 spiro atoms. The van der Waals surface area contributed by atoms with Crippen molar-refractivity contribution in [2.45, 2.75) is 0 Å². The van der Waals surface area contributed by atoms with Crippen LogP contribution < -0.4 is 128 Å². The molecule has 0 aliphatic carbocycles. The Balaban J connectivity index is 0.000000735. The summed E-state index contributed by atoms with van der Waals surface area (Å²) in [6, 6.07) is 64.7. The maximum absolute atomic E-state index is 2.23. The Morgan fingerprint density at radius 1 is 0.209 bits per heavy atom. The summed E-state index contributed by atoms with van der Waals surface area (Å²) in [4.78, 5) is 0. The van der Waals surface area contributed by atoms with Crippen molar-refractivity contribution in [2.75, 3.05) is 0 Å². The van der Waals surface area contributed by atoms with E-state index in [2.05, 4.69) is 182 Å². The molecule has 0 bridgehead atoms. The molecule has 1 radical (unpaired) electrons. The summed E-state index contributed by atoms with van der Waals surface area (Å²) in [6.07, 6.45) is 0. The molecule has 0 atom stereocenters. The molecular weight excluding hydrogens is 1190 g/mol. The van der Waals surface area contributed by atoms with Crippen molar-refractivity contribution in [1.29, 1.82) is 0 Å². The zero-order chi connectivity index (χ0) is 25.8. The van der Waals surface area contributed by atoms with Gasteiger partial charge in [0.05, 0.1) is 0 Å². The normalized spacial score (nSPS) is 9.35. The molecule has 0 unspecified atom stereocenters. The van der Waals surface area contributed by atoms with E-state index in [1.54, 1.807) is 0 Å². The molecule has 225 valence electrons. The Morgan fingerprint density at radius 3 is 0.442 bits per heavy atom. The van der Waals surface area contributed by atoms with E-state index in [0.717, 1.165) is 0 Å². The summed E-state index contributed by atoms with van der Waals surface area (Å²) >= 11 is 0. The molecule has 0 saturated heterocycles. The van der Waals surface area contributed by atoms with Gasteiger partial charge in [-0.05, 0) is 47.7 Å². The molecular formula is C36H30I4IrP2-4. The van der Waals surface area contributed by atoms with E-state index in [-0.39, 0.29) is 116 Å². The molecule has 7 heteroatoms. The maximum atomic E-state index is 2.23. The molecule has 6 aromatic carbocycles. The number of hydrogen-bond acceptors (Lipinski definition) is 0. The van der Waals surface area contributed by atoms with Gasteiger partial charge in [0.1, 0.15) is 0 Å². The summed E-state index contributed by atoms with van der Waals surface area (Å²) in [6.45, 7) is 0. The second kappa shape index (κ2) is 24.0. The Bertz CT molecular complexity index is 1190. The first-order valence-electron chi connectivity index (χ1n) is 12.8. The Hall–Kier alpha value is -0.251. The van der Waals surface area contributed by atoms with E-state index in [1.807, 2.05) is 0 Å². The average molecular weight is 1220 g/mol. The number of halogens is 4. The predicted octanol–water partition coefficient (Wildman–Crippen LogP) is -5.10. The fraction of sp³-hybridized carbons (Fsp3) is 0. The SMILES string of the molecule is [I-].[I-].[I-].[I-].[Ir].c1ccc(P(c2ccccc2)c2ccccc2)cc1.c1ccc(P(c2ccccc2)c2ccccc2)cc1. The average Bonchev–Trinajstić information content (AvgIpc) is 3.01. The second-order valence-electron chi connectivity index (χ2n) is 8.68. The third kappa shape index (κ3) is 12.8. The van der Waals surface area contributed by atoms with Gasteiger partial charge in [-0.25, -0.2) is 0 Å². The Morgan fingerprint density at radius 2 is 0.326 bits per heavy atom. The molecule has 0 N–H and O–H groups in total. The second-order valence-corrected chi connectivity index (χ2v) is 13.1. The fourth-order valence-electron chi connectivity index (χ4n) is 4.36. The van der Waals surface area contributed by atoms with Crippen LogP contribution in [0.5, 0.6) is 0 Å². The molecule has 0 saturated carbocycles. The third-order valence-electron chi connectivity index (χ3n) is 6.09. The molecule has 0 heterocycles. The van der Waals surface area contributed by atoms with Crippen LogP contribution in [0.15, 0.2) is 182 Å². The fourth-order valence-corrected chi connectivity index (χ4v) is 8.97. The van der Waals surface area contributed by atoms with Gasteiger partial charge in [-0.1, -0.05) is 182 Å². The standard InChI is InChI=1S/2C18H15P.4HI.Ir/c2*1-4-10-16(11-5-1)19(17-12-6-2-7-13-17)18-14-8-3-9-15-18;;;;;/h2*1-15H;4*1H;/p-4. The Kier molecular flexibility index (Phi) is 23.9. The van der Waals surface area contributed by atoms with Gasteiger partial charge in [-0.15, -0.1) is 0 Å². The molecule has 6 aromatic rings. The quantitative estimate of drug-likeness (QED) is 0.116. The summed E-state index contributed by atoms with van der Waals surface area (Å²) in [5, 5.41) is 8.39. The zero-order valence-electron chi connectivity index (χ0n) is 23.1. The first-order chi connectivity index (χ1) is 18.9. The molecule has 0 amide bonds. The van der Waals surface area contributed by atoms with Gasteiger partial charge in [0.15, 0.2) is 0 Å². The predicted molar refractivity (Wildman–Crippen MR) is 170 cm³/mol. The largest absolute Gasteiger partial charge is 1.00 e. The number of hydrogen-bond donors (Lipinski definition) is 0. The van der Waals surface area contributed by atoms with Gasteiger partial charge in [0.2, 0.25) is 0 Å². The van der Waals surface area contributed by atoms with Crippen LogP contribution in [0.1, 0.15) is 0 Å². The van der Waals surface area contributed by atoms with Gasteiger partial charge < -0.3 is 95.9 Å². The smallest absolute Gasteiger partial charge is 0 e. The van der Waals surface area contributed by atoms with Crippen LogP contribution in [0.25, 0.3) is 0 Å². The monoisotopic (exact) mass is 1220 g/mol. The first-order valence-corrected chi connectivity index (χ1v) is 15.5. The van der Waals surface area contributed by atoms with Crippen LogP contribution in [-0.4, -0.2) is 0 Å². The zero-order valence-corrected chi connectivity index (χ0v) is 35.9. The number of rotatable bonds is 6. The molecule has 0 fully saturated rings. The summed E-state index contributed by atoms with van der Waals surface area (Å²) in [5.74, 6) is 0. The minimum Gasteiger partial charge on any atom is -1.00 e. The molecule has 0 aliphatic rings. The van der Waals surface area contributed by atoms with Crippen LogP contribution in [0.4, 0.5) is 0 Å². The van der Waals surface area contributed by atoms with Crippen LogP contribution in [-0.2, 0) is 20.1 Å². The summed E-state index contributed by atoms with van der Waals surface area (Å²) in [7, 11) is -0.892. The van der Waals surface area contributed by atoms with Gasteiger partial charge in [-0.2, -0.15) is 0 Å². The Labute approximate surface area is 341 Å². The molecule has 0 aromatic heterocycles. The van der Waals surface area contributed by atoms with E-state index in [0.29, 0.717) is 0 Å². The minimum absolute atomic E-state index is 0. The van der Waals surface area contributed by atoms with Crippen molar-refractivity contribution in [3.63, 3.8) is 0 Å².